The molecule has 0 bridgehead atoms. The Balaban J connectivity index is 1.73. The normalized spacial score (nSPS) is 11.6. The van der Waals surface area contributed by atoms with Gasteiger partial charge in [0.05, 0.1) is 12.2 Å². The third-order valence-electron chi connectivity index (χ3n) is 5.17. The highest BCUT2D eigenvalue weighted by molar-refractivity contribution is 6.30. The molecule has 0 radical (unpaired) electrons. The monoisotopic (exact) mass is 550 g/mol. The van der Waals surface area contributed by atoms with Gasteiger partial charge in [-0.15, -0.1) is 0 Å². The highest BCUT2D eigenvalue weighted by Crippen LogP contribution is 2.25. The van der Waals surface area contributed by atoms with Crippen LogP contribution in [0.3, 0.4) is 0 Å². The van der Waals surface area contributed by atoms with E-state index in [-0.39, 0.29) is 24.7 Å². The predicted octanol–water partition coefficient (Wildman–Crippen LogP) is 3.82. The number of aromatic nitrogens is 3. The first-order chi connectivity index (χ1) is 18.0. The molecule has 3 aromatic rings. The molecule has 3 rings (SSSR count). The lowest BCUT2D eigenvalue weighted by Crippen LogP contribution is -2.31. The molecule has 1 aromatic carbocycles. The Labute approximate surface area is 221 Å². The van der Waals surface area contributed by atoms with Gasteiger partial charge in [-0.25, -0.2) is 23.2 Å². The van der Waals surface area contributed by atoms with E-state index in [1.807, 2.05) is 0 Å². The number of nitrogens with zero attached hydrogens (tertiary/aromatic N) is 4. The summed E-state index contributed by atoms with van der Waals surface area (Å²) in [4.78, 5) is 42.2. The van der Waals surface area contributed by atoms with Crippen molar-refractivity contribution in [3.63, 3.8) is 0 Å². The summed E-state index contributed by atoms with van der Waals surface area (Å²) >= 11 is 6.01. The standard InChI is InChI=1S/C24H25ClF2N6O5/c1-13-7-8-17(16(26)10-13)30-23(35)20-19(27)21(25)33(31-20)14(2)38-24(36)32(4)22-15(6-5-9-29-22)12-37-18(34)11-28-3/h5-10,14,28H,11-12H2,1-4H3,(H,30,35). The molecule has 0 aliphatic rings. The van der Waals surface area contributed by atoms with Crippen molar-refractivity contribution in [3.05, 3.63) is 70.1 Å². The van der Waals surface area contributed by atoms with Crippen molar-refractivity contribution in [2.24, 2.45) is 0 Å². The van der Waals surface area contributed by atoms with E-state index in [1.54, 1.807) is 32.2 Å². The summed E-state index contributed by atoms with van der Waals surface area (Å²) in [7, 11) is 2.97. The van der Waals surface area contributed by atoms with E-state index in [9.17, 15) is 23.2 Å². The third-order valence-corrected chi connectivity index (χ3v) is 5.51. The fraction of sp³-hybridized carbons (Fsp3) is 0.292. The molecule has 2 N–H and O–H groups in total. The summed E-state index contributed by atoms with van der Waals surface area (Å²) in [5.74, 6) is -3.28. The number of hydrogen-bond acceptors (Lipinski definition) is 8. The number of likely N-dealkylation sites (N-methyl/N-ethyl adjacent to an activating group) is 1. The Hall–Kier alpha value is -4.10. The van der Waals surface area contributed by atoms with Crippen molar-refractivity contribution in [3.8, 4) is 0 Å². The van der Waals surface area contributed by atoms with Crippen LogP contribution in [0.25, 0.3) is 0 Å². The van der Waals surface area contributed by atoms with Crippen molar-refractivity contribution in [2.75, 3.05) is 30.9 Å². The van der Waals surface area contributed by atoms with Gasteiger partial charge in [0, 0.05) is 18.8 Å². The fourth-order valence-corrected chi connectivity index (χ4v) is 3.51. The topological polar surface area (TPSA) is 128 Å². The van der Waals surface area contributed by atoms with Crippen LogP contribution in [-0.4, -0.2) is 53.4 Å². The SMILES string of the molecule is CNCC(=O)OCc1cccnc1N(C)C(=O)OC(C)n1nc(C(=O)Nc2ccc(C)cc2F)c(F)c1Cl. The lowest BCUT2D eigenvalue weighted by molar-refractivity contribution is -0.143. The van der Waals surface area contributed by atoms with Gasteiger partial charge in [-0.05, 0) is 44.7 Å². The van der Waals surface area contributed by atoms with Gasteiger partial charge in [0.2, 0.25) is 0 Å². The molecule has 2 aromatic heterocycles. The number of anilines is 2. The number of amides is 2. The second-order valence-corrected chi connectivity index (χ2v) is 8.41. The maximum absolute atomic E-state index is 14.7. The van der Waals surface area contributed by atoms with Gasteiger partial charge in [-0.1, -0.05) is 23.7 Å². The van der Waals surface area contributed by atoms with Crippen molar-refractivity contribution in [1.29, 1.82) is 0 Å². The number of benzene rings is 1. The van der Waals surface area contributed by atoms with Crippen LogP contribution >= 0.6 is 11.6 Å². The van der Waals surface area contributed by atoms with Gasteiger partial charge >= 0.3 is 12.1 Å². The summed E-state index contributed by atoms with van der Waals surface area (Å²) in [6.07, 6.45) is -0.743. The highest BCUT2D eigenvalue weighted by Gasteiger charge is 2.28. The summed E-state index contributed by atoms with van der Waals surface area (Å²) in [5, 5.41) is 8.13. The van der Waals surface area contributed by atoms with Gasteiger partial charge in [-0.3, -0.25) is 14.5 Å². The lowest BCUT2D eigenvalue weighted by Gasteiger charge is -2.22. The minimum Gasteiger partial charge on any atom is -0.460 e. The van der Waals surface area contributed by atoms with Crippen LogP contribution in [0.5, 0.6) is 0 Å². The van der Waals surface area contributed by atoms with Crippen LogP contribution in [0.2, 0.25) is 5.15 Å². The molecule has 0 saturated heterocycles. The summed E-state index contributed by atoms with van der Waals surface area (Å²) in [6, 6.07) is 7.32. The second kappa shape index (κ2) is 12.4. The maximum Gasteiger partial charge on any atom is 0.417 e. The molecule has 1 atom stereocenters. The number of carbonyl (C=O) groups is 3. The van der Waals surface area contributed by atoms with E-state index in [2.05, 4.69) is 20.7 Å². The first-order valence-electron chi connectivity index (χ1n) is 11.2. The van der Waals surface area contributed by atoms with Crippen molar-refractivity contribution in [2.45, 2.75) is 26.7 Å². The molecular formula is C24H25ClF2N6O5. The van der Waals surface area contributed by atoms with E-state index in [4.69, 9.17) is 21.1 Å². The zero-order chi connectivity index (χ0) is 28.0. The molecule has 202 valence electrons. The molecule has 0 aliphatic carbocycles. The van der Waals surface area contributed by atoms with Gasteiger partial charge < -0.3 is 20.1 Å². The Bertz CT molecular complexity index is 1350. The second-order valence-electron chi connectivity index (χ2n) is 8.05. The number of rotatable bonds is 9. The Morgan fingerprint density at radius 3 is 2.66 bits per heavy atom. The van der Waals surface area contributed by atoms with Gasteiger partial charge in [0.1, 0.15) is 18.2 Å². The third kappa shape index (κ3) is 6.61. The number of aryl methyl sites for hydroxylation is 1. The van der Waals surface area contributed by atoms with E-state index < -0.39 is 46.7 Å². The maximum atomic E-state index is 14.7. The van der Waals surface area contributed by atoms with Crippen molar-refractivity contribution < 1.29 is 32.6 Å². The first kappa shape index (κ1) is 28.5. The fourth-order valence-electron chi connectivity index (χ4n) is 3.24. The largest absolute Gasteiger partial charge is 0.460 e. The van der Waals surface area contributed by atoms with E-state index in [0.29, 0.717) is 11.1 Å². The predicted molar refractivity (Wildman–Crippen MR) is 134 cm³/mol. The average molecular weight is 551 g/mol. The molecular weight excluding hydrogens is 526 g/mol. The van der Waals surface area contributed by atoms with E-state index in [0.717, 1.165) is 9.58 Å². The van der Waals surface area contributed by atoms with Crippen LogP contribution in [0, 0.1) is 18.6 Å². The molecule has 14 heteroatoms. The van der Waals surface area contributed by atoms with Crippen LogP contribution in [0.1, 0.15) is 34.8 Å². The molecule has 11 nitrogen and oxygen atoms in total. The number of carbonyl (C=O) groups excluding carboxylic acids is 3. The number of pyridine rings is 1. The van der Waals surface area contributed by atoms with Crippen LogP contribution in [-0.2, 0) is 20.9 Å². The van der Waals surface area contributed by atoms with E-state index in [1.165, 1.54) is 32.3 Å². The van der Waals surface area contributed by atoms with Crippen LogP contribution in [0.4, 0.5) is 25.1 Å². The molecule has 0 spiro atoms. The lowest BCUT2D eigenvalue weighted by atomic mass is 10.2. The summed E-state index contributed by atoms with van der Waals surface area (Å²) in [5.41, 5.74) is 0.165. The number of hydrogen-bond donors (Lipinski definition) is 2. The molecule has 0 saturated carbocycles. The number of ether oxygens (including phenoxy) is 2. The molecule has 2 amide bonds. The van der Waals surface area contributed by atoms with Gasteiger partial charge in [0.15, 0.2) is 22.9 Å². The average Bonchev–Trinajstić information content (AvgIpc) is 3.18. The smallest absolute Gasteiger partial charge is 0.417 e. The van der Waals surface area contributed by atoms with Gasteiger partial charge in [0.25, 0.3) is 5.91 Å². The number of halogens is 3. The first-order valence-corrected chi connectivity index (χ1v) is 11.6. The van der Waals surface area contributed by atoms with Gasteiger partial charge in [-0.2, -0.15) is 5.10 Å². The van der Waals surface area contributed by atoms with Crippen molar-refractivity contribution in [1.82, 2.24) is 20.1 Å². The number of esters is 1. The molecule has 1 unspecified atom stereocenters. The molecule has 2 heterocycles. The Morgan fingerprint density at radius 2 is 1.97 bits per heavy atom. The Kier molecular flexibility index (Phi) is 9.31. The van der Waals surface area contributed by atoms with E-state index >= 15 is 0 Å². The van der Waals surface area contributed by atoms with Crippen LogP contribution in [0.15, 0.2) is 36.5 Å². The molecule has 0 fully saturated rings. The van der Waals surface area contributed by atoms with Crippen molar-refractivity contribution >= 4 is 41.1 Å². The minimum atomic E-state index is -1.26. The number of nitrogens with one attached hydrogen (secondary N) is 2. The summed E-state index contributed by atoms with van der Waals surface area (Å²) in [6.45, 7) is 2.88. The molecule has 0 aliphatic heterocycles. The van der Waals surface area contributed by atoms with Crippen LogP contribution < -0.4 is 15.5 Å². The quantitative estimate of drug-likeness (QED) is 0.385. The zero-order valence-corrected chi connectivity index (χ0v) is 21.7. The minimum absolute atomic E-state index is 0.00610. The summed E-state index contributed by atoms with van der Waals surface area (Å²) < 4.78 is 40.1. The Morgan fingerprint density at radius 1 is 1.24 bits per heavy atom. The molecule has 38 heavy (non-hydrogen) atoms. The highest BCUT2D eigenvalue weighted by atomic mass is 35.5. The zero-order valence-electron chi connectivity index (χ0n) is 20.9.